The van der Waals surface area contributed by atoms with Crippen molar-refractivity contribution in [3.63, 3.8) is 0 Å². The molecule has 108 valence electrons. The summed E-state index contributed by atoms with van der Waals surface area (Å²) in [4.78, 5) is 13.9. The van der Waals surface area contributed by atoms with E-state index >= 15 is 0 Å². The molecule has 2 N–H and O–H groups in total. The number of benzene rings is 1. The molecule has 1 rings (SSSR count). The zero-order chi connectivity index (χ0) is 15.0. The number of carbonyl (C=O) groups is 1. The van der Waals surface area contributed by atoms with E-state index in [1.54, 1.807) is 18.2 Å². The topological polar surface area (TPSA) is 107 Å². The molecule has 0 saturated heterocycles. The second-order valence-corrected chi connectivity index (χ2v) is 4.33. The van der Waals surface area contributed by atoms with Crippen LogP contribution in [0.2, 0.25) is 5.02 Å². The second-order valence-electron chi connectivity index (χ2n) is 3.93. The second kappa shape index (κ2) is 8.27. The molecule has 0 heterocycles. The number of hydrogen-bond acceptors (Lipinski definition) is 4. The van der Waals surface area contributed by atoms with Crippen LogP contribution in [0.5, 0.6) is 5.75 Å². The highest BCUT2D eigenvalue weighted by molar-refractivity contribution is 6.32. The number of rotatable bonds is 8. The minimum atomic E-state index is -1.00. The van der Waals surface area contributed by atoms with Gasteiger partial charge in [0.1, 0.15) is 11.8 Å². The number of hydrogen-bond donors (Lipinski definition) is 2. The Morgan fingerprint density at radius 3 is 2.95 bits per heavy atom. The maximum absolute atomic E-state index is 11.3. The summed E-state index contributed by atoms with van der Waals surface area (Å²) in [7, 11) is 1.49. The van der Waals surface area contributed by atoms with Gasteiger partial charge in [0.25, 0.3) is 0 Å². The van der Waals surface area contributed by atoms with Crippen molar-refractivity contribution in [2.45, 2.75) is 12.5 Å². The summed E-state index contributed by atoms with van der Waals surface area (Å²) >= 11 is 5.98. The van der Waals surface area contributed by atoms with Gasteiger partial charge in [-0.3, -0.25) is 4.79 Å². The highest BCUT2D eigenvalue weighted by Gasteiger charge is 2.19. The van der Waals surface area contributed by atoms with Crippen molar-refractivity contribution in [2.75, 3.05) is 20.2 Å². The number of azide groups is 1. The molecule has 0 bridgehead atoms. The van der Waals surface area contributed by atoms with Crippen LogP contribution >= 0.6 is 11.6 Å². The highest BCUT2D eigenvalue weighted by Crippen LogP contribution is 2.27. The largest absolute Gasteiger partial charge is 0.495 e. The third-order valence-corrected chi connectivity index (χ3v) is 2.90. The predicted molar refractivity (Wildman–Crippen MR) is 75.0 cm³/mol. The van der Waals surface area contributed by atoms with Crippen molar-refractivity contribution in [3.8, 4) is 5.75 Å². The first-order valence-corrected chi connectivity index (χ1v) is 6.28. The molecule has 0 fully saturated rings. The minimum absolute atomic E-state index is 0.319. The third-order valence-electron chi connectivity index (χ3n) is 2.60. The fourth-order valence-corrected chi connectivity index (χ4v) is 1.92. The fraction of sp³-hybridized carbons (Fsp3) is 0.417. The van der Waals surface area contributed by atoms with E-state index in [2.05, 4.69) is 15.3 Å². The molecule has 1 unspecified atom stereocenters. The van der Waals surface area contributed by atoms with E-state index in [4.69, 9.17) is 21.9 Å². The van der Waals surface area contributed by atoms with E-state index in [0.717, 1.165) is 0 Å². The molecule has 8 heteroatoms. The Labute approximate surface area is 121 Å². The van der Waals surface area contributed by atoms with Crippen molar-refractivity contribution in [1.82, 2.24) is 5.32 Å². The quantitative estimate of drug-likeness (QED) is 0.333. The van der Waals surface area contributed by atoms with Crippen molar-refractivity contribution < 1.29 is 14.6 Å². The molecule has 7 nitrogen and oxygen atoms in total. The Morgan fingerprint density at radius 2 is 2.40 bits per heavy atom. The van der Waals surface area contributed by atoms with E-state index in [1.807, 2.05) is 0 Å². The van der Waals surface area contributed by atoms with Crippen molar-refractivity contribution in [2.24, 2.45) is 5.11 Å². The number of methoxy groups -OCH3 is 1. The van der Waals surface area contributed by atoms with Gasteiger partial charge >= 0.3 is 5.97 Å². The fourth-order valence-electron chi connectivity index (χ4n) is 1.65. The van der Waals surface area contributed by atoms with Crippen LogP contribution in [-0.4, -0.2) is 31.3 Å². The normalized spacial score (nSPS) is 11.5. The van der Waals surface area contributed by atoms with Crippen LogP contribution in [0.1, 0.15) is 18.0 Å². The Hall–Kier alpha value is -1.95. The summed E-state index contributed by atoms with van der Waals surface area (Å²) in [6.45, 7) is 0.735. The van der Waals surface area contributed by atoms with E-state index in [9.17, 15) is 9.90 Å². The predicted octanol–water partition coefficient (Wildman–Crippen LogP) is 2.76. The average molecular weight is 299 g/mol. The van der Waals surface area contributed by atoms with Crippen LogP contribution in [0.3, 0.4) is 0 Å². The van der Waals surface area contributed by atoms with Crippen molar-refractivity contribution in [1.29, 1.82) is 0 Å². The molecule has 0 aliphatic heterocycles. The van der Waals surface area contributed by atoms with Crippen LogP contribution in [0.15, 0.2) is 23.3 Å². The molecule has 0 aromatic heterocycles. The molecule has 1 aromatic rings. The van der Waals surface area contributed by atoms with Gasteiger partial charge in [0.05, 0.1) is 12.1 Å². The van der Waals surface area contributed by atoms with Crippen molar-refractivity contribution in [3.05, 3.63) is 39.2 Å². The lowest BCUT2D eigenvalue weighted by Crippen LogP contribution is -2.29. The molecule has 0 saturated carbocycles. The number of ether oxygens (including phenoxy) is 1. The Bertz CT molecular complexity index is 517. The van der Waals surface area contributed by atoms with E-state index in [0.29, 0.717) is 35.8 Å². The summed E-state index contributed by atoms with van der Waals surface area (Å²) in [6.07, 6.45) is 0.553. The highest BCUT2D eigenvalue weighted by atomic mass is 35.5. The minimum Gasteiger partial charge on any atom is -0.495 e. The first-order chi connectivity index (χ1) is 9.60. The zero-order valence-electron chi connectivity index (χ0n) is 10.9. The smallest absolute Gasteiger partial charge is 0.325 e. The van der Waals surface area contributed by atoms with E-state index in [-0.39, 0.29) is 0 Å². The van der Waals surface area contributed by atoms with Gasteiger partial charge in [-0.15, -0.1) is 0 Å². The van der Waals surface area contributed by atoms with Crippen LogP contribution in [0.4, 0.5) is 0 Å². The van der Waals surface area contributed by atoms with Crippen LogP contribution in [0.25, 0.3) is 10.4 Å². The zero-order valence-corrected chi connectivity index (χ0v) is 11.7. The Balaban J connectivity index is 2.73. The molecule has 0 spiro atoms. The molecular weight excluding hydrogens is 284 g/mol. The molecule has 0 amide bonds. The molecule has 0 aliphatic carbocycles. The maximum atomic E-state index is 11.3. The van der Waals surface area contributed by atoms with Gasteiger partial charge < -0.3 is 15.2 Å². The Morgan fingerprint density at radius 1 is 1.65 bits per heavy atom. The van der Waals surface area contributed by atoms with Gasteiger partial charge in [0, 0.05) is 11.5 Å². The van der Waals surface area contributed by atoms with Gasteiger partial charge in [-0.05, 0) is 36.2 Å². The lowest BCUT2D eigenvalue weighted by Gasteiger charge is -2.15. The SMILES string of the molecule is COc1ccc(C(NCCCN=[N+]=[N-])C(=O)O)cc1Cl. The monoisotopic (exact) mass is 298 g/mol. The molecule has 1 atom stereocenters. The number of nitrogens with one attached hydrogen (secondary N) is 1. The summed E-state index contributed by atoms with van der Waals surface area (Å²) < 4.78 is 5.02. The molecule has 20 heavy (non-hydrogen) atoms. The van der Waals surface area contributed by atoms with E-state index in [1.165, 1.54) is 7.11 Å². The third kappa shape index (κ3) is 4.62. The van der Waals surface area contributed by atoms with Crippen LogP contribution in [0, 0.1) is 0 Å². The molecule has 0 aliphatic rings. The lowest BCUT2D eigenvalue weighted by molar-refractivity contribution is -0.139. The van der Waals surface area contributed by atoms with Gasteiger partial charge in [0.2, 0.25) is 0 Å². The molecule has 1 aromatic carbocycles. The summed E-state index contributed by atoms with van der Waals surface area (Å²) in [5.41, 5.74) is 8.67. The number of nitrogens with zero attached hydrogens (tertiary/aromatic N) is 3. The van der Waals surface area contributed by atoms with Crippen LogP contribution < -0.4 is 10.1 Å². The average Bonchev–Trinajstić information content (AvgIpc) is 2.42. The van der Waals surface area contributed by atoms with Gasteiger partial charge in [0.15, 0.2) is 0 Å². The summed E-state index contributed by atoms with van der Waals surface area (Å²) in [6, 6.07) is 3.95. The summed E-state index contributed by atoms with van der Waals surface area (Å²) in [5.74, 6) is -0.516. The van der Waals surface area contributed by atoms with Gasteiger partial charge in [-0.2, -0.15) is 0 Å². The first kappa shape index (κ1) is 16.1. The molecule has 0 radical (unpaired) electrons. The van der Waals surface area contributed by atoms with E-state index < -0.39 is 12.0 Å². The van der Waals surface area contributed by atoms with Crippen molar-refractivity contribution >= 4 is 17.6 Å². The first-order valence-electron chi connectivity index (χ1n) is 5.90. The number of halogens is 1. The number of carboxylic acid groups (broad SMARTS) is 1. The number of carboxylic acids is 1. The lowest BCUT2D eigenvalue weighted by atomic mass is 10.1. The molecular formula is C12H15ClN4O3. The standard InChI is InChI=1S/C12H15ClN4O3/c1-20-10-4-3-8(7-9(10)13)11(12(18)19)15-5-2-6-16-17-14/h3-4,7,11,15H,2,5-6H2,1H3,(H,18,19). The number of aliphatic carboxylic acids is 1. The van der Waals surface area contributed by atoms with Gasteiger partial charge in [-0.25, -0.2) is 0 Å². The Kier molecular flexibility index (Phi) is 6.66. The van der Waals surface area contributed by atoms with Crippen LogP contribution in [-0.2, 0) is 4.79 Å². The summed E-state index contributed by atoms with van der Waals surface area (Å²) in [5, 5.41) is 15.8. The van der Waals surface area contributed by atoms with Gasteiger partial charge in [-0.1, -0.05) is 22.8 Å². The maximum Gasteiger partial charge on any atom is 0.325 e.